The van der Waals surface area contributed by atoms with Gasteiger partial charge < -0.3 is 14.4 Å². The first-order valence-electron chi connectivity index (χ1n) is 8.20. The lowest BCUT2D eigenvalue weighted by atomic mass is 10.1. The Bertz CT molecular complexity index is 959. The van der Waals surface area contributed by atoms with E-state index in [4.69, 9.17) is 21.1 Å². The molecule has 1 aliphatic heterocycles. The Morgan fingerprint density at radius 1 is 1.38 bits per heavy atom. The number of carbonyl (C=O) groups excluding carboxylic acids is 1. The van der Waals surface area contributed by atoms with Crippen LogP contribution in [-0.2, 0) is 4.74 Å². The van der Waals surface area contributed by atoms with Gasteiger partial charge in [-0.2, -0.15) is 0 Å². The van der Waals surface area contributed by atoms with E-state index in [-0.39, 0.29) is 12.0 Å². The van der Waals surface area contributed by atoms with Gasteiger partial charge in [-0.05, 0) is 24.3 Å². The maximum atomic E-state index is 12.9. The molecule has 1 aliphatic rings. The summed E-state index contributed by atoms with van der Waals surface area (Å²) in [5.41, 5.74) is 2.13. The molecule has 26 heavy (non-hydrogen) atoms. The molecule has 1 atom stereocenters. The number of aromatic nitrogens is 3. The van der Waals surface area contributed by atoms with E-state index in [2.05, 4.69) is 10.3 Å². The summed E-state index contributed by atoms with van der Waals surface area (Å²) < 4.78 is 12.9. The number of hydrogen-bond acceptors (Lipinski definition) is 5. The highest BCUT2D eigenvalue weighted by Crippen LogP contribution is 2.36. The molecule has 2 aromatic heterocycles. The van der Waals surface area contributed by atoms with Gasteiger partial charge in [0.1, 0.15) is 11.9 Å². The van der Waals surface area contributed by atoms with Gasteiger partial charge in [-0.3, -0.25) is 4.79 Å². The lowest BCUT2D eigenvalue weighted by molar-refractivity contribution is -0.0236. The van der Waals surface area contributed by atoms with Crippen molar-refractivity contribution >= 4 is 23.0 Å². The van der Waals surface area contributed by atoms with Crippen LogP contribution in [0.4, 0.5) is 0 Å². The molecule has 0 radical (unpaired) electrons. The van der Waals surface area contributed by atoms with Gasteiger partial charge in [-0.1, -0.05) is 22.9 Å². The summed E-state index contributed by atoms with van der Waals surface area (Å²) in [6, 6.07) is 8.98. The number of carbonyl (C=O) groups is 1. The molecule has 0 saturated carbocycles. The van der Waals surface area contributed by atoms with E-state index in [1.165, 1.54) is 0 Å². The summed E-state index contributed by atoms with van der Waals surface area (Å²) in [4.78, 5) is 14.7. The van der Waals surface area contributed by atoms with Crippen molar-refractivity contribution in [2.75, 3.05) is 26.8 Å². The Labute approximate surface area is 155 Å². The van der Waals surface area contributed by atoms with E-state index in [1.807, 2.05) is 12.1 Å². The van der Waals surface area contributed by atoms with Crippen LogP contribution >= 0.6 is 11.6 Å². The molecule has 1 aromatic carbocycles. The van der Waals surface area contributed by atoms with Crippen molar-refractivity contribution in [1.29, 1.82) is 0 Å². The SMILES string of the molecule is COc1cccc(Cl)c1C1CN(C(=O)c2ccn3nncc3c2)CCO1. The average molecular weight is 373 g/mol. The van der Waals surface area contributed by atoms with Crippen LogP contribution < -0.4 is 4.74 Å². The Kier molecular flexibility index (Phi) is 4.48. The van der Waals surface area contributed by atoms with Crippen LogP contribution in [0.5, 0.6) is 5.75 Å². The summed E-state index contributed by atoms with van der Waals surface area (Å²) in [5.74, 6) is 0.594. The third-order valence-corrected chi connectivity index (χ3v) is 4.79. The fourth-order valence-electron chi connectivity index (χ4n) is 3.16. The lowest BCUT2D eigenvalue weighted by Gasteiger charge is -2.34. The zero-order valence-corrected chi connectivity index (χ0v) is 14.9. The number of nitrogens with zero attached hydrogens (tertiary/aromatic N) is 4. The van der Waals surface area contributed by atoms with Gasteiger partial charge in [0.05, 0.1) is 37.0 Å². The highest BCUT2D eigenvalue weighted by molar-refractivity contribution is 6.31. The van der Waals surface area contributed by atoms with Crippen LogP contribution in [-0.4, -0.2) is 52.4 Å². The molecule has 7 nitrogen and oxygen atoms in total. The number of halogens is 1. The van der Waals surface area contributed by atoms with Crippen LogP contribution in [0.3, 0.4) is 0 Å². The van der Waals surface area contributed by atoms with Crippen LogP contribution in [0.1, 0.15) is 22.0 Å². The minimum Gasteiger partial charge on any atom is -0.496 e. The normalized spacial score (nSPS) is 17.5. The van der Waals surface area contributed by atoms with Crippen molar-refractivity contribution in [3.63, 3.8) is 0 Å². The zero-order valence-electron chi connectivity index (χ0n) is 14.1. The smallest absolute Gasteiger partial charge is 0.254 e. The average Bonchev–Trinajstić information content (AvgIpc) is 3.15. The number of hydrogen-bond donors (Lipinski definition) is 0. The number of benzene rings is 1. The van der Waals surface area contributed by atoms with Crippen molar-refractivity contribution in [2.24, 2.45) is 0 Å². The number of pyridine rings is 1. The first-order chi connectivity index (χ1) is 12.7. The number of rotatable bonds is 3. The molecule has 4 rings (SSSR count). The molecule has 1 saturated heterocycles. The molecular weight excluding hydrogens is 356 g/mol. The van der Waals surface area contributed by atoms with E-state index in [9.17, 15) is 4.79 Å². The molecule has 0 bridgehead atoms. The number of amides is 1. The van der Waals surface area contributed by atoms with Crippen LogP contribution in [0.15, 0.2) is 42.7 Å². The van der Waals surface area contributed by atoms with E-state index < -0.39 is 0 Å². The zero-order chi connectivity index (χ0) is 18.1. The molecule has 0 aliphatic carbocycles. The van der Waals surface area contributed by atoms with E-state index in [0.29, 0.717) is 36.0 Å². The van der Waals surface area contributed by atoms with Gasteiger partial charge in [0.2, 0.25) is 0 Å². The lowest BCUT2D eigenvalue weighted by Crippen LogP contribution is -2.42. The van der Waals surface area contributed by atoms with Crippen molar-refractivity contribution in [3.8, 4) is 5.75 Å². The van der Waals surface area contributed by atoms with E-state index >= 15 is 0 Å². The van der Waals surface area contributed by atoms with Crippen molar-refractivity contribution in [2.45, 2.75) is 6.10 Å². The predicted octanol–water partition coefficient (Wildman–Crippen LogP) is 2.61. The quantitative estimate of drug-likeness (QED) is 0.707. The molecule has 8 heteroatoms. The Morgan fingerprint density at radius 2 is 2.27 bits per heavy atom. The van der Waals surface area contributed by atoms with Crippen LogP contribution in [0, 0.1) is 0 Å². The number of fused-ring (bicyclic) bond motifs is 1. The summed E-state index contributed by atoms with van der Waals surface area (Å²) in [6.07, 6.45) is 3.01. The van der Waals surface area contributed by atoms with Gasteiger partial charge in [0, 0.05) is 23.9 Å². The second-order valence-electron chi connectivity index (χ2n) is 5.99. The van der Waals surface area contributed by atoms with Crippen LogP contribution in [0.25, 0.3) is 5.52 Å². The second kappa shape index (κ2) is 6.93. The minimum absolute atomic E-state index is 0.0620. The number of methoxy groups -OCH3 is 1. The summed E-state index contributed by atoms with van der Waals surface area (Å²) in [5, 5.41) is 8.30. The summed E-state index contributed by atoms with van der Waals surface area (Å²) >= 11 is 6.36. The molecule has 3 heterocycles. The number of ether oxygens (including phenoxy) is 2. The molecule has 0 N–H and O–H groups in total. The van der Waals surface area contributed by atoms with Crippen LogP contribution in [0.2, 0.25) is 5.02 Å². The van der Waals surface area contributed by atoms with E-state index in [1.54, 1.807) is 47.1 Å². The highest BCUT2D eigenvalue weighted by atomic mass is 35.5. The number of morpholine rings is 1. The van der Waals surface area contributed by atoms with Crippen molar-refractivity contribution in [3.05, 3.63) is 58.9 Å². The monoisotopic (exact) mass is 372 g/mol. The standard InChI is InChI=1S/C18H17ClN4O3/c1-25-15-4-2-3-14(19)17(15)16-11-22(7-8-26-16)18(24)12-5-6-23-13(9-12)10-20-21-23/h2-6,9-10,16H,7-8,11H2,1H3. The molecule has 1 unspecified atom stereocenters. The molecule has 0 spiro atoms. The van der Waals surface area contributed by atoms with Crippen molar-refractivity contribution < 1.29 is 14.3 Å². The predicted molar refractivity (Wildman–Crippen MR) is 95.6 cm³/mol. The topological polar surface area (TPSA) is 69.0 Å². The minimum atomic E-state index is -0.336. The van der Waals surface area contributed by atoms with Gasteiger partial charge in [0.25, 0.3) is 5.91 Å². The Hall–Kier alpha value is -2.64. The van der Waals surface area contributed by atoms with Gasteiger partial charge in [-0.25, -0.2) is 4.52 Å². The first kappa shape index (κ1) is 16.8. The molecule has 3 aromatic rings. The van der Waals surface area contributed by atoms with Crippen molar-refractivity contribution in [1.82, 2.24) is 19.7 Å². The fourth-order valence-corrected chi connectivity index (χ4v) is 3.45. The maximum absolute atomic E-state index is 12.9. The van der Waals surface area contributed by atoms with E-state index in [0.717, 1.165) is 11.1 Å². The third kappa shape index (κ3) is 3.00. The Balaban J connectivity index is 1.59. The van der Waals surface area contributed by atoms with Gasteiger partial charge >= 0.3 is 0 Å². The van der Waals surface area contributed by atoms with Gasteiger partial charge in [0.15, 0.2) is 0 Å². The van der Waals surface area contributed by atoms with Gasteiger partial charge in [-0.15, -0.1) is 5.10 Å². The summed E-state index contributed by atoms with van der Waals surface area (Å²) in [6.45, 7) is 1.35. The second-order valence-corrected chi connectivity index (χ2v) is 6.39. The fraction of sp³-hybridized carbons (Fsp3) is 0.278. The first-order valence-corrected chi connectivity index (χ1v) is 8.58. The summed E-state index contributed by atoms with van der Waals surface area (Å²) in [7, 11) is 1.59. The molecule has 134 valence electrons. The largest absolute Gasteiger partial charge is 0.496 e. The molecule has 1 fully saturated rings. The maximum Gasteiger partial charge on any atom is 0.254 e. The highest BCUT2D eigenvalue weighted by Gasteiger charge is 2.29. The molecular formula is C18H17ClN4O3. The Morgan fingerprint density at radius 3 is 3.12 bits per heavy atom. The molecule has 1 amide bonds. The third-order valence-electron chi connectivity index (χ3n) is 4.46.